The van der Waals surface area contributed by atoms with Crippen LogP contribution in [0.5, 0.6) is 0 Å². The molecule has 0 spiro atoms. The molecule has 0 saturated heterocycles. The molecule has 0 aliphatic heterocycles. The molecular formula is C22H15BF2N2O. The first-order chi connectivity index (χ1) is 13.7. The molecule has 0 N–H and O–H groups in total. The summed E-state index contributed by atoms with van der Waals surface area (Å²) in [6.07, 6.45) is 1.52. The fraction of sp³-hybridized carbons (Fsp3) is 0. The highest BCUT2D eigenvalue weighted by atomic mass is 19.2. The van der Waals surface area contributed by atoms with Crippen molar-refractivity contribution >= 4 is 30.3 Å². The average molecular weight is 372 g/mol. The molecule has 0 fully saturated rings. The maximum atomic E-state index is 13.1. The molecule has 136 valence electrons. The molecule has 1 aromatic heterocycles. The molecule has 0 aliphatic rings. The van der Waals surface area contributed by atoms with E-state index in [-0.39, 0.29) is 5.76 Å². The monoisotopic (exact) mass is 372 g/mol. The molecular weight excluding hydrogens is 357 g/mol. The van der Waals surface area contributed by atoms with Crippen LogP contribution in [0, 0.1) is 0 Å². The van der Waals surface area contributed by atoms with E-state index in [4.69, 9.17) is 9.64 Å². The van der Waals surface area contributed by atoms with Crippen LogP contribution in [0.15, 0.2) is 84.9 Å². The number of hydrogen-bond acceptors (Lipinski definition) is 3. The van der Waals surface area contributed by atoms with Gasteiger partial charge < -0.3 is 4.65 Å². The second kappa shape index (κ2) is 8.00. The lowest BCUT2D eigenvalue weighted by atomic mass is 10.1. The summed E-state index contributed by atoms with van der Waals surface area (Å²) in [5.74, 6) is 0.0392. The molecule has 0 bridgehead atoms. The van der Waals surface area contributed by atoms with Crippen molar-refractivity contribution in [3.8, 4) is 11.3 Å². The van der Waals surface area contributed by atoms with Gasteiger partial charge in [0.25, 0.3) is 0 Å². The highest BCUT2D eigenvalue weighted by molar-refractivity contribution is 6.36. The van der Waals surface area contributed by atoms with Crippen LogP contribution in [0.1, 0.15) is 11.3 Å². The summed E-state index contributed by atoms with van der Waals surface area (Å²) in [7, 11) is -2.94. The number of rotatable bonds is 5. The highest BCUT2D eigenvalue weighted by Crippen LogP contribution is 2.28. The van der Waals surface area contributed by atoms with E-state index < -0.39 is 7.47 Å². The van der Waals surface area contributed by atoms with Crippen molar-refractivity contribution in [2.24, 2.45) is 0 Å². The van der Waals surface area contributed by atoms with E-state index in [0.717, 1.165) is 11.1 Å². The van der Waals surface area contributed by atoms with E-state index in [1.165, 1.54) is 6.08 Å². The van der Waals surface area contributed by atoms with Gasteiger partial charge in [-0.3, -0.25) is 0 Å². The van der Waals surface area contributed by atoms with Crippen molar-refractivity contribution in [1.82, 2.24) is 9.97 Å². The summed E-state index contributed by atoms with van der Waals surface area (Å²) in [4.78, 5) is 9.38. The summed E-state index contributed by atoms with van der Waals surface area (Å²) in [5, 5.41) is 0. The van der Waals surface area contributed by atoms with Crippen molar-refractivity contribution in [3.63, 3.8) is 0 Å². The van der Waals surface area contributed by atoms with Crippen molar-refractivity contribution in [1.29, 1.82) is 0 Å². The van der Waals surface area contributed by atoms with Crippen LogP contribution in [0.2, 0.25) is 0 Å². The van der Waals surface area contributed by atoms with E-state index in [1.807, 2.05) is 60.7 Å². The molecule has 0 amide bonds. The quantitative estimate of drug-likeness (QED) is 0.331. The topological polar surface area (TPSA) is 35.0 Å². The van der Waals surface area contributed by atoms with Crippen LogP contribution < -0.4 is 0 Å². The van der Waals surface area contributed by atoms with Gasteiger partial charge in [-0.15, -0.1) is 0 Å². The zero-order chi connectivity index (χ0) is 19.3. The molecule has 1 heterocycles. The Hall–Kier alpha value is -3.54. The zero-order valence-electron chi connectivity index (χ0n) is 14.8. The van der Waals surface area contributed by atoms with Crippen LogP contribution in [0.25, 0.3) is 34.1 Å². The summed E-state index contributed by atoms with van der Waals surface area (Å²) in [6, 6.07) is 25.7. The smallest absolute Gasteiger partial charge is 0.505 e. The van der Waals surface area contributed by atoms with E-state index >= 15 is 0 Å². The minimum Gasteiger partial charge on any atom is -0.505 e. The Balaban J connectivity index is 1.93. The normalized spacial score (nSPS) is 11.4. The van der Waals surface area contributed by atoms with Gasteiger partial charge >= 0.3 is 7.47 Å². The lowest BCUT2D eigenvalue weighted by Crippen LogP contribution is -2.05. The molecule has 0 unspecified atom stereocenters. The number of hydrogen-bond donors (Lipinski definition) is 0. The molecule has 28 heavy (non-hydrogen) atoms. The third-order valence-electron chi connectivity index (χ3n) is 4.19. The number of halogens is 2. The van der Waals surface area contributed by atoms with Gasteiger partial charge in [0.2, 0.25) is 0 Å². The molecule has 0 atom stereocenters. The Morgan fingerprint density at radius 2 is 1.32 bits per heavy atom. The molecule has 3 nitrogen and oxygen atoms in total. The van der Waals surface area contributed by atoms with Crippen LogP contribution in [-0.2, 0) is 4.65 Å². The van der Waals surface area contributed by atoms with Crippen molar-refractivity contribution in [2.75, 3.05) is 0 Å². The Bertz CT molecular complexity index is 1120. The number of aromatic nitrogens is 2. The first-order valence-electron chi connectivity index (χ1n) is 8.75. The van der Waals surface area contributed by atoms with E-state index in [0.29, 0.717) is 22.5 Å². The summed E-state index contributed by atoms with van der Waals surface area (Å²) >= 11 is 0. The highest BCUT2D eigenvalue weighted by Gasteiger charge is 2.21. The first kappa shape index (κ1) is 17.9. The SMILES string of the molecule is FB(F)O/C(=C/c1nc2ccccc2nc1-c1ccccc1)c1ccccc1. The number of fused-ring (bicyclic) bond motifs is 1. The van der Waals surface area contributed by atoms with E-state index in [2.05, 4.69) is 4.98 Å². The van der Waals surface area contributed by atoms with Gasteiger partial charge in [0.1, 0.15) is 5.76 Å². The van der Waals surface area contributed by atoms with Crippen LogP contribution in [-0.4, -0.2) is 17.4 Å². The fourth-order valence-corrected chi connectivity index (χ4v) is 2.93. The fourth-order valence-electron chi connectivity index (χ4n) is 2.93. The molecule has 0 radical (unpaired) electrons. The van der Waals surface area contributed by atoms with Crippen LogP contribution in [0.3, 0.4) is 0 Å². The van der Waals surface area contributed by atoms with Gasteiger partial charge in [0, 0.05) is 17.2 Å². The summed E-state index contributed by atoms with van der Waals surface area (Å²) < 4.78 is 30.9. The minimum absolute atomic E-state index is 0.0392. The third-order valence-corrected chi connectivity index (χ3v) is 4.19. The Morgan fingerprint density at radius 1 is 0.750 bits per heavy atom. The van der Waals surface area contributed by atoms with E-state index in [9.17, 15) is 8.63 Å². The first-order valence-corrected chi connectivity index (χ1v) is 8.75. The second-order valence-corrected chi connectivity index (χ2v) is 6.07. The molecule has 4 aromatic rings. The number of benzene rings is 3. The predicted octanol–water partition coefficient (Wildman–Crippen LogP) is 5.74. The van der Waals surface area contributed by atoms with E-state index in [1.54, 1.807) is 24.3 Å². The molecule has 4 rings (SSSR count). The largest absolute Gasteiger partial charge is 0.796 e. The summed E-state index contributed by atoms with van der Waals surface area (Å²) in [5.41, 5.74) is 3.86. The van der Waals surface area contributed by atoms with Gasteiger partial charge in [-0.05, 0) is 12.1 Å². The molecule has 3 aromatic carbocycles. The Kier molecular flexibility index (Phi) is 5.10. The van der Waals surface area contributed by atoms with Gasteiger partial charge in [-0.25, -0.2) is 18.6 Å². The predicted molar refractivity (Wildman–Crippen MR) is 108 cm³/mol. The lowest BCUT2D eigenvalue weighted by molar-refractivity contribution is 0.398. The van der Waals surface area contributed by atoms with Crippen molar-refractivity contribution < 1.29 is 13.3 Å². The maximum Gasteiger partial charge on any atom is 0.796 e. The standard InChI is InChI=1S/C22H15BF2N2O/c24-23(25)28-21(16-9-3-1-4-10-16)15-20-22(17-11-5-2-6-12-17)27-19-14-8-7-13-18(19)26-20/h1-15H/b21-15+. The van der Waals surface area contributed by atoms with Crippen LogP contribution >= 0.6 is 0 Å². The maximum absolute atomic E-state index is 13.1. The average Bonchev–Trinajstić information content (AvgIpc) is 2.74. The number of para-hydroxylation sites is 2. The zero-order valence-corrected chi connectivity index (χ0v) is 14.8. The van der Waals surface area contributed by atoms with Crippen molar-refractivity contribution in [2.45, 2.75) is 0 Å². The van der Waals surface area contributed by atoms with Gasteiger partial charge in [-0.2, -0.15) is 0 Å². The minimum atomic E-state index is -2.94. The van der Waals surface area contributed by atoms with Crippen molar-refractivity contribution in [3.05, 3.63) is 96.2 Å². The lowest BCUT2D eigenvalue weighted by Gasteiger charge is -2.11. The third kappa shape index (κ3) is 3.91. The summed E-state index contributed by atoms with van der Waals surface area (Å²) in [6.45, 7) is 0. The second-order valence-electron chi connectivity index (χ2n) is 6.07. The van der Waals surface area contributed by atoms with Gasteiger partial charge in [0.05, 0.1) is 22.4 Å². The van der Waals surface area contributed by atoms with Gasteiger partial charge in [-0.1, -0.05) is 72.8 Å². The Morgan fingerprint density at radius 3 is 1.96 bits per heavy atom. The number of nitrogens with zero attached hydrogens (tertiary/aromatic N) is 2. The molecule has 0 aliphatic carbocycles. The Labute approximate surface area is 161 Å². The molecule has 0 saturated carbocycles. The van der Waals surface area contributed by atoms with Crippen LogP contribution in [0.4, 0.5) is 8.63 Å². The molecule has 6 heteroatoms. The van der Waals surface area contributed by atoms with Gasteiger partial charge in [0.15, 0.2) is 0 Å².